The second-order valence-corrected chi connectivity index (χ2v) is 5.59. The highest BCUT2D eigenvalue weighted by Gasteiger charge is 2.27. The van der Waals surface area contributed by atoms with E-state index >= 15 is 0 Å². The first kappa shape index (κ1) is 14.8. The molecule has 0 unspecified atom stereocenters. The van der Waals surface area contributed by atoms with Crippen molar-refractivity contribution in [2.24, 2.45) is 0 Å². The van der Waals surface area contributed by atoms with Crippen molar-refractivity contribution in [3.8, 4) is 0 Å². The summed E-state index contributed by atoms with van der Waals surface area (Å²) in [7, 11) is 0. The summed E-state index contributed by atoms with van der Waals surface area (Å²) in [4.78, 5) is 24.5. The van der Waals surface area contributed by atoms with Gasteiger partial charge in [-0.15, -0.1) is 0 Å². The minimum atomic E-state index is -0.739. The molecule has 0 spiro atoms. The van der Waals surface area contributed by atoms with Gasteiger partial charge < -0.3 is 9.30 Å². The quantitative estimate of drug-likeness (QED) is 0.640. The molecule has 22 heavy (non-hydrogen) atoms. The van der Waals surface area contributed by atoms with Crippen LogP contribution in [-0.2, 0) is 4.74 Å². The average Bonchev–Trinajstić information content (AvgIpc) is 3.32. The summed E-state index contributed by atoms with van der Waals surface area (Å²) < 4.78 is 20.4. The largest absolute Gasteiger partial charge is 0.458 e. The Morgan fingerprint density at radius 3 is 2.86 bits per heavy atom. The van der Waals surface area contributed by atoms with Gasteiger partial charge in [0, 0.05) is 17.6 Å². The van der Waals surface area contributed by atoms with Crippen molar-refractivity contribution in [3.05, 3.63) is 57.6 Å². The Morgan fingerprint density at radius 1 is 1.50 bits per heavy atom. The molecular weight excluding hydrogens is 309 g/mol. The molecule has 1 aromatic carbocycles. The van der Waals surface area contributed by atoms with E-state index in [4.69, 9.17) is 16.3 Å². The molecule has 0 amide bonds. The average molecular weight is 322 g/mol. The lowest BCUT2D eigenvalue weighted by molar-refractivity contribution is 0.0547. The van der Waals surface area contributed by atoms with Crippen molar-refractivity contribution in [2.45, 2.75) is 18.9 Å². The molecule has 0 N–H and O–H groups in total. The van der Waals surface area contributed by atoms with Crippen LogP contribution in [0.3, 0.4) is 0 Å². The van der Waals surface area contributed by atoms with Crippen LogP contribution >= 0.6 is 11.6 Å². The number of ether oxygens (including phenoxy) is 1. The van der Waals surface area contributed by atoms with E-state index in [1.807, 2.05) is 0 Å². The zero-order valence-electron chi connectivity index (χ0n) is 11.6. The number of carbonyl (C=O) groups excluding carboxylic acids is 1. The van der Waals surface area contributed by atoms with Gasteiger partial charge in [0.1, 0.15) is 18.0 Å². The summed E-state index contributed by atoms with van der Waals surface area (Å²) in [6.45, 7) is 3.46. The number of hydrogen-bond acceptors (Lipinski definition) is 3. The topological polar surface area (TPSA) is 48.3 Å². The zero-order chi connectivity index (χ0) is 15.9. The standard InChI is InChI=1S/C16H13ClFNO3/c1-2-5-22-16(21)11-8-19(9-3-4-9)14-7-12(17)13(18)6-10(14)15(11)20/h2,6-9H,1,3-5H2. The van der Waals surface area contributed by atoms with Gasteiger partial charge >= 0.3 is 5.97 Å². The van der Waals surface area contributed by atoms with Crippen molar-refractivity contribution in [2.75, 3.05) is 6.61 Å². The van der Waals surface area contributed by atoms with Gasteiger partial charge in [-0.25, -0.2) is 9.18 Å². The fourth-order valence-corrected chi connectivity index (χ4v) is 2.51. The Bertz CT molecular complexity index is 839. The third-order valence-electron chi connectivity index (χ3n) is 3.57. The monoisotopic (exact) mass is 321 g/mol. The molecule has 0 radical (unpaired) electrons. The van der Waals surface area contributed by atoms with Crippen LogP contribution in [0.2, 0.25) is 5.02 Å². The van der Waals surface area contributed by atoms with Crippen molar-refractivity contribution in [3.63, 3.8) is 0 Å². The van der Waals surface area contributed by atoms with Crippen LogP contribution in [0.4, 0.5) is 4.39 Å². The number of rotatable bonds is 4. The smallest absolute Gasteiger partial charge is 0.343 e. The summed E-state index contributed by atoms with van der Waals surface area (Å²) in [5, 5.41) is 0.0742. The Kier molecular flexibility index (Phi) is 3.74. The van der Waals surface area contributed by atoms with Gasteiger partial charge in [-0.05, 0) is 25.0 Å². The van der Waals surface area contributed by atoms with Crippen molar-refractivity contribution < 1.29 is 13.9 Å². The fourth-order valence-electron chi connectivity index (χ4n) is 2.36. The predicted octanol–water partition coefficient (Wildman–Crippen LogP) is 3.47. The highest BCUT2D eigenvalue weighted by atomic mass is 35.5. The van der Waals surface area contributed by atoms with Gasteiger partial charge in [-0.3, -0.25) is 4.79 Å². The zero-order valence-corrected chi connectivity index (χ0v) is 12.4. The first-order chi connectivity index (χ1) is 10.5. The molecule has 1 aromatic heterocycles. The number of aromatic nitrogens is 1. The third kappa shape index (κ3) is 2.52. The maximum Gasteiger partial charge on any atom is 0.343 e. The van der Waals surface area contributed by atoms with E-state index in [0.717, 1.165) is 18.9 Å². The lowest BCUT2D eigenvalue weighted by Crippen LogP contribution is -2.21. The number of benzene rings is 1. The number of fused-ring (bicyclic) bond motifs is 1. The maximum atomic E-state index is 13.7. The summed E-state index contributed by atoms with van der Waals surface area (Å²) in [6.07, 6.45) is 4.77. The molecule has 1 fully saturated rings. The van der Waals surface area contributed by atoms with Crippen molar-refractivity contribution in [1.29, 1.82) is 0 Å². The van der Waals surface area contributed by atoms with E-state index < -0.39 is 17.2 Å². The molecule has 0 atom stereocenters. The van der Waals surface area contributed by atoms with Gasteiger partial charge in [0.25, 0.3) is 0 Å². The minimum absolute atomic E-state index is 0.00865. The first-order valence-electron chi connectivity index (χ1n) is 6.85. The van der Waals surface area contributed by atoms with Crippen LogP contribution in [0.15, 0.2) is 35.8 Å². The van der Waals surface area contributed by atoms with E-state index in [1.54, 1.807) is 4.57 Å². The minimum Gasteiger partial charge on any atom is -0.458 e. The molecule has 6 heteroatoms. The second kappa shape index (κ2) is 5.57. The molecule has 4 nitrogen and oxygen atoms in total. The maximum absolute atomic E-state index is 13.7. The van der Waals surface area contributed by atoms with E-state index in [9.17, 15) is 14.0 Å². The SMILES string of the molecule is C=CCOC(=O)c1cn(C2CC2)c2cc(Cl)c(F)cc2c1=O. The molecule has 1 heterocycles. The Balaban J connectivity index is 2.24. The van der Waals surface area contributed by atoms with Gasteiger partial charge in [0.05, 0.1) is 10.5 Å². The summed E-state index contributed by atoms with van der Waals surface area (Å²) in [5.41, 5.74) is -0.140. The molecule has 0 bridgehead atoms. The molecule has 1 aliphatic carbocycles. The van der Waals surface area contributed by atoms with Crippen LogP contribution in [0.25, 0.3) is 10.9 Å². The van der Waals surface area contributed by atoms with Gasteiger partial charge in [-0.1, -0.05) is 24.3 Å². The predicted molar refractivity (Wildman–Crippen MR) is 81.9 cm³/mol. The van der Waals surface area contributed by atoms with Crippen molar-refractivity contribution >= 4 is 28.5 Å². The van der Waals surface area contributed by atoms with E-state index in [1.165, 1.54) is 18.3 Å². The van der Waals surface area contributed by atoms with Crippen LogP contribution in [0, 0.1) is 5.82 Å². The number of nitrogens with zero attached hydrogens (tertiary/aromatic N) is 1. The Labute approximate surface area is 130 Å². The van der Waals surface area contributed by atoms with Gasteiger partial charge in [0.2, 0.25) is 5.43 Å². The summed E-state index contributed by atoms with van der Waals surface area (Å²) in [6, 6.07) is 2.68. The summed E-state index contributed by atoms with van der Waals surface area (Å²) in [5.74, 6) is -1.43. The molecule has 0 aliphatic heterocycles. The molecular formula is C16H13ClFNO3. The number of hydrogen-bond donors (Lipinski definition) is 0. The Morgan fingerprint density at radius 2 is 2.23 bits per heavy atom. The molecule has 3 rings (SSSR count). The van der Waals surface area contributed by atoms with Crippen molar-refractivity contribution in [1.82, 2.24) is 4.57 Å². The van der Waals surface area contributed by atoms with Crippen LogP contribution in [0.5, 0.6) is 0 Å². The lowest BCUT2D eigenvalue weighted by Gasteiger charge is -2.13. The molecule has 1 aliphatic rings. The lowest BCUT2D eigenvalue weighted by atomic mass is 10.1. The third-order valence-corrected chi connectivity index (χ3v) is 3.86. The first-order valence-corrected chi connectivity index (χ1v) is 7.22. The number of pyridine rings is 1. The molecule has 2 aromatic rings. The summed E-state index contributed by atoms with van der Waals surface area (Å²) >= 11 is 5.81. The van der Waals surface area contributed by atoms with Gasteiger partial charge in [0.15, 0.2) is 0 Å². The number of esters is 1. The molecule has 1 saturated carbocycles. The van der Waals surface area contributed by atoms with Crippen LogP contribution in [0.1, 0.15) is 29.2 Å². The second-order valence-electron chi connectivity index (χ2n) is 5.18. The number of carbonyl (C=O) groups is 1. The van der Waals surface area contributed by atoms with Gasteiger partial charge in [-0.2, -0.15) is 0 Å². The van der Waals surface area contributed by atoms with E-state index in [2.05, 4.69) is 6.58 Å². The number of halogens is 2. The van der Waals surface area contributed by atoms with Crippen LogP contribution in [-0.4, -0.2) is 17.1 Å². The normalized spacial score (nSPS) is 14.1. The fraction of sp³-hybridized carbons (Fsp3) is 0.250. The highest BCUT2D eigenvalue weighted by Crippen LogP contribution is 2.37. The molecule has 0 saturated heterocycles. The highest BCUT2D eigenvalue weighted by molar-refractivity contribution is 6.31. The van der Waals surface area contributed by atoms with E-state index in [0.29, 0.717) is 5.52 Å². The molecule has 114 valence electrons. The Hall–Kier alpha value is -2.14. The van der Waals surface area contributed by atoms with Crippen LogP contribution < -0.4 is 5.43 Å². The van der Waals surface area contributed by atoms with E-state index in [-0.39, 0.29) is 28.6 Å².